The molecule has 78 valence electrons. The Labute approximate surface area is 77.5 Å². The summed E-state index contributed by atoms with van der Waals surface area (Å²) < 4.78 is 41.0. The van der Waals surface area contributed by atoms with Gasteiger partial charge in [0.15, 0.2) is 5.70 Å². The summed E-state index contributed by atoms with van der Waals surface area (Å²) in [4.78, 5) is 11.0. The van der Waals surface area contributed by atoms with Crippen molar-refractivity contribution in [2.75, 3.05) is 13.2 Å². The summed E-state index contributed by atoms with van der Waals surface area (Å²) >= 11 is 0. The highest BCUT2D eigenvalue weighted by Gasteiger charge is 2.41. The average molecular weight is 208 g/mol. The fourth-order valence-corrected chi connectivity index (χ4v) is 0.919. The van der Waals surface area contributed by atoms with Crippen molar-refractivity contribution < 1.29 is 22.7 Å². The van der Waals surface area contributed by atoms with Crippen LogP contribution in [-0.2, 0) is 9.53 Å². The molecule has 0 aromatic heterocycles. The summed E-state index contributed by atoms with van der Waals surface area (Å²) in [5.74, 6) is -1.01. The van der Waals surface area contributed by atoms with Gasteiger partial charge in [-0.25, -0.2) is 4.79 Å². The van der Waals surface area contributed by atoms with Crippen LogP contribution < -0.4 is 0 Å². The van der Waals surface area contributed by atoms with Crippen molar-refractivity contribution >= 4 is 5.97 Å². The zero-order valence-electron chi connectivity index (χ0n) is 7.26. The van der Waals surface area contributed by atoms with E-state index in [0.717, 1.165) is 0 Å². The predicted molar refractivity (Wildman–Crippen MR) is 39.4 cm³/mol. The van der Waals surface area contributed by atoms with Crippen LogP contribution >= 0.6 is 0 Å². The van der Waals surface area contributed by atoms with Crippen LogP contribution in [0.5, 0.6) is 0 Å². The largest absolute Gasteiger partial charge is 0.463 e. The molecule has 0 aromatic carbocycles. The second kappa shape index (κ2) is 3.77. The number of allylic oxidation sites excluding steroid dienone is 1. The Kier molecular flexibility index (Phi) is 2.87. The van der Waals surface area contributed by atoms with E-state index in [1.807, 2.05) is 0 Å². The first-order chi connectivity index (χ1) is 6.46. The molecule has 0 saturated carbocycles. The monoisotopic (exact) mass is 208 g/mol. The van der Waals surface area contributed by atoms with Gasteiger partial charge in [0.2, 0.25) is 0 Å². The molecule has 1 heterocycles. The zero-order chi connectivity index (χ0) is 10.8. The van der Waals surface area contributed by atoms with E-state index < -0.39 is 23.4 Å². The highest BCUT2D eigenvalue weighted by atomic mass is 19.4. The number of nitrogens with zero attached hydrogens (tertiary/aromatic N) is 2. The lowest BCUT2D eigenvalue weighted by molar-refractivity contribution is -0.139. The van der Waals surface area contributed by atoms with Crippen molar-refractivity contribution in [3.63, 3.8) is 0 Å². The molecular weight excluding hydrogens is 201 g/mol. The summed E-state index contributed by atoms with van der Waals surface area (Å²) in [5, 5.41) is 6.02. The lowest BCUT2D eigenvalue weighted by atomic mass is 10.2. The molecule has 0 unspecified atom stereocenters. The summed E-state index contributed by atoms with van der Waals surface area (Å²) in [6.45, 7) is 1.16. The van der Waals surface area contributed by atoms with Gasteiger partial charge in [0.25, 0.3) is 0 Å². The molecule has 0 aliphatic carbocycles. The number of carbonyl (C=O) groups is 1. The van der Waals surface area contributed by atoms with Crippen LogP contribution in [0.4, 0.5) is 13.2 Å². The lowest BCUT2D eigenvalue weighted by Gasteiger charge is -2.06. The summed E-state index contributed by atoms with van der Waals surface area (Å²) in [7, 11) is 0. The number of hydrogen-bond acceptors (Lipinski definition) is 4. The molecule has 0 atom stereocenters. The van der Waals surface area contributed by atoms with Crippen LogP contribution in [0, 0.1) is 0 Å². The quantitative estimate of drug-likeness (QED) is 0.650. The molecule has 1 rings (SSSR count). The Balaban J connectivity index is 2.92. The molecule has 0 radical (unpaired) electrons. The average Bonchev–Trinajstić information content (AvgIpc) is 2.50. The molecule has 0 fully saturated rings. The molecule has 1 aliphatic heterocycles. The summed E-state index contributed by atoms with van der Waals surface area (Å²) in [6.07, 6.45) is -4.65. The first kappa shape index (κ1) is 10.7. The summed E-state index contributed by atoms with van der Waals surface area (Å²) in [5.41, 5.74) is -1.78. The van der Waals surface area contributed by atoms with Gasteiger partial charge in [0.05, 0.1) is 18.7 Å². The molecular formula is C7H7F3N2O2. The van der Waals surface area contributed by atoms with Gasteiger partial charge in [0.1, 0.15) is 0 Å². The zero-order valence-corrected chi connectivity index (χ0v) is 7.26. The minimum absolute atomic E-state index is 0.0213. The van der Waals surface area contributed by atoms with E-state index in [9.17, 15) is 18.0 Å². The molecule has 0 saturated heterocycles. The standard InChI is InChI=1S/C7H7F3N2O2/c1-2-14-6(13)4-3-11-12-5(4)7(8,9)10/h2-3H2,1H3. The number of carbonyl (C=O) groups excluding carboxylic acids is 1. The maximum Gasteiger partial charge on any atom is 0.435 e. The van der Waals surface area contributed by atoms with Crippen LogP contribution in [-0.4, -0.2) is 25.3 Å². The molecule has 0 spiro atoms. The van der Waals surface area contributed by atoms with Crippen molar-refractivity contribution in [3.8, 4) is 0 Å². The third-order valence-corrected chi connectivity index (χ3v) is 1.48. The van der Waals surface area contributed by atoms with Crippen LogP contribution in [0.2, 0.25) is 0 Å². The minimum atomic E-state index is -4.65. The highest BCUT2D eigenvalue weighted by molar-refractivity contribution is 5.90. The number of halogens is 3. The Morgan fingerprint density at radius 2 is 2.21 bits per heavy atom. The molecule has 0 aromatic rings. The van der Waals surface area contributed by atoms with Crippen molar-refractivity contribution in [1.29, 1.82) is 0 Å². The van der Waals surface area contributed by atoms with E-state index in [-0.39, 0.29) is 13.2 Å². The number of esters is 1. The molecule has 0 bridgehead atoms. The van der Waals surface area contributed by atoms with E-state index in [2.05, 4.69) is 15.0 Å². The Morgan fingerprint density at radius 3 is 2.71 bits per heavy atom. The van der Waals surface area contributed by atoms with Crippen LogP contribution in [0.1, 0.15) is 6.92 Å². The van der Waals surface area contributed by atoms with Gasteiger partial charge in [0, 0.05) is 0 Å². The van der Waals surface area contributed by atoms with Gasteiger partial charge in [-0.05, 0) is 6.92 Å². The predicted octanol–water partition coefficient (Wildman–Crippen LogP) is 1.83. The molecule has 0 N–H and O–H groups in total. The van der Waals surface area contributed by atoms with Crippen molar-refractivity contribution in [2.45, 2.75) is 13.1 Å². The van der Waals surface area contributed by atoms with E-state index in [1.165, 1.54) is 6.92 Å². The Morgan fingerprint density at radius 1 is 1.57 bits per heavy atom. The lowest BCUT2D eigenvalue weighted by Crippen LogP contribution is -2.17. The van der Waals surface area contributed by atoms with Crippen molar-refractivity contribution in [3.05, 3.63) is 11.3 Å². The van der Waals surface area contributed by atoms with E-state index >= 15 is 0 Å². The third-order valence-electron chi connectivity index (χ3n) is 1.48. The summed E-state index contributed by atoms with van der Waals surface area (Å²) in [6, 6.07) is 0. The molecule has 14 heavy (non-hydrogen) atoms. The minimum Gasteiger partial charge on any atom is -0.463 e. The number of rotatable bonds is 2. The highest BCUT2D eigenvalue weighted by Crippen LogP contribution is 2.32. The van der Waals surface area contributed by atoms with E-state index in [0.29, 0.717) is 0 Å². The van der Waals surface area contributed by atoms with Gasteiger partial charge in [-0.15, -0.1) is 5.11 Å². The van der Waals surface area contributed by atoms with Gasteiger partial charge in [-0.2, -0.15) is 18.3 Å². The first-order valence-corrected chi connectivity index (χ1v) is 3.81. The number of azo groups is 1. The van der Waals surface area contributed by atoms with Crippen molar-refractivity contribution in [2.24, 2.45) is 10.2 Å². The topological polar surface area (TPSA) is 51.0 Å². The molecule has 7 heteroatoms. The number of hydrogen-bond donors (Lipinski definition) is 0. The number of alkyl halides is 3. The number of ether oxygens (including phenoxy) is 1. The van der Waals surface area contributed by atoms with Gasteiger partial charge in [-0.1, -0.05) is 0 Å². The second-order valence-electron chi connectivity index (χ2n) is 2.44. The van der Waals surface area contributed by atoms with Gasteiger partial charge in [-0.3, -0.25) is 0 Å². The SMILES string of the molecule is CCOC(=O)C1=C(C(F)(F)F)N=NC1. The van der Waals surface area contributed by atoms with Gasteiger partial charge < -0.3 is 4.74 Å². The Bertz CT molecular complexity index is 307. The molecule has 0 amide bonds. The maximum absolute atomic E-state index is 12.2. The maximum atomic E-state index is 12.2. The van der Waals surface area contributed by atoms with Crippen molar-refractivity contribution in [1.82, 2.24) is 0 Å². The fourth-order valence-electron chi connectivity index (χ4n) is 0.919. The molecule has 1 aliphatic rings. The third kappa shape index (κ3) is 2.09. The van der Waals surface area contributed by atoms with Gasteiger partial charge >= 0.3 is 12.1 Å². The fraction of sp³-hybridized carbons (Fsp3) is 0.571. The van der Waals surface area contributed by atoms with E-state index in [1.54, 1.807) is 0 Å². The van der Waals surface area contributed by atoms with Crippen LogP contribution in [0.3, 0.4) is 0 Å². The second-order valence-corrected chi connectivity index (χ2v) is 2.44. The van der Waals surface area contributed by atoms with E-state index in [4.69, 9.17) is 0 Å². The first-order valence-electron chi connectivity index (χ1n) is 3.81. The van der Waals surface area contributed by atoms with Crippen LogP contribution in [0.25, 0.3) is 0 Å². The van der Waals surface area contributed by atoms with Crippen LogP contribution in [0.15, 0.2) is 21.5 Å². The smallest absolute Gasteiger partial charge is 0.435 e. The Hall–Kier alpha value is -1.40. The normalized spacial score (nSPS) is 16.3. The molecule has 4 nitrogen and oxygen atoms in total.